The summed E-state index contributed by atoms with van der Waals surface area (Å²) in [4.78, 5) is -0.199. The third-order valence-corrected chi connectivity index (χ3v) is 8.49. The van der Waals surface area contributed by atoms with Gasteiger partial charge in [0.2, 0.25) is 10.0 Å². The van der Waals surface area contributed by atoms with Crippen molar-refractivity contribution in [3.05, 3.63) is 82.9 Å². The van der Waals surface area contributed by atoms with Crippen LogP contribution in [-0.2, 0) is 27.4 Å². The lowest BCUT2D eigenvalue weighted by Crippen LogP contribution is -2.55. The zero-order chi connectivity index (χ0) is 25.7. The van der Waals surface area contributed by atoms with Gasteiger partial charge in [0.15, 0.2) is 0 Å². The topological polar surface area (TPSA) is 64.4 Å². The van der Waals surface area contributed by atoms with Crippen molar-refractivity contribution < 1.29 is 30.7 Å². The summed E-state index contributed by atoms with van der Waals surface area (Å²) in [6.45, 7) is 2.35. The van der Waals surface area contributed by atoms with Gasteiger partial charge in [-0.3, -0.25) is 0 Å². The molecule has 0 N–H and O–H groups in total. The van der Waals surface area contributed by atoms with Crippen LogP contribution in [-0.4, -0.2) is 47.8 Å². The maximum Gasteiger partial charge on any atom is 0.416 e. The molecule has 190 valence electrons. The second-order valence-electron chi connectivity index (χ2n) is 8.83. The van der Waals surface area contributed by atoms with Crippen LogP contribution in [0, 0.1) is 5.82 Å². The number of rotatable bonds is 5. The van der Waals surface area contributed by atoms with E-state index in [-0.39, 0.29) is 23.8 Å². The quantitative estimate of drug-likeness (QED) is 0.451. The third kappa shape index (κ3) is 4.25. The number of ether oxygens (including phenoxy) is 1. The summed E-state index contributed by atoms with van der Waals surface area (Å²) in [5.41, 5.74) is 1.46. The Labute approximate surface area is 205 Å². The minimum Gasteiger partial charge on any atom is -0.369 e. The lowest BCUT2D eigenvalue weighted by atomic mass is 9.78. The van der Waals surface area contributed by atoms with Gasteiger partial charge in [-0.15, -0.1) is 0 Å². The molecule has 0 spiro atoms. The predicted molar refractivity (Wildman–Crippen MR) is 124 cm³/mol. The third-order valence-electron chi connectivity index (χ3n) is 6.63. The highest BCUT2D eigenvalue weighted by Crippen LogP contribution is 2.42. The fraction of sp³-hybridized carbons (Fsp3) is 0.320. The van der Waals surface area contributed by atoms with E-state index < -0.39 is 27.4 Å². The van der Waals surface area contributed by atoms with Gasteiger partial charge in [0.05, 0.1) is 28.0 Å². The van der Waals surface area contributed by atoms with E-state index in [1.165, 1.54) is 16.4 Å². The molecule has 6 nitrogen and oxygen atoms in total. The van der Waals surface area contributed by atoms with E-state index in [4.69, 9.17) is 4.74 Å². The van der Waals surface area contributed by atoms with Crippen LogP contribution in [0.1, 0.15) is 30.2 Å². The number of aromatic nitrogens is 2. The Kier molecular flexibility index (Phi) is 6.05. The Hall–Kier alpha value is -3.02. The van der Waals surface area contributed by atoms with Crippen molar-refractivity contribution in [2.24, 2.45) is 0 Å². The second kappa shape index (κ2) is 8.82. The van der Waals surface area contributed by atoms with Crippen LogP contribution in [0.2, 0.25) is 0 Å². The molecule has 1 saturated heterocycles. The van der Waals surface area contributed by atoms with Gasteiger partial charge in [0, 0.05) is 31.7 Å². The van der Waals surface area contributed by atoms with E-state index in [2.05, 4.69) is 5.10 Å². The maximum atomic E-state index is 13.4. The smallest absolute Gasteiger partial charge is 0.369 e. The summed E-state index contributed by atoms with van der Waals surface area (Å²) < 4.78 is 88.1. The van der Waals surface area contributed by atoms with Crippen LogP contribution in [0.4, 0.5) is 17.6 Å². The summed E-state index contributed by atoms with van der Waals surface area (Å²) in [6.07, 6.45) is -0.149. The van der Waals surface area contributed by atoms with Crippen molar-refractivity contribution >= 4 is 16.1 Å². The molecule has 0 radical (unpaired) electrons. The van der Waals surface area contributed by atoms with E-state index in [0.29, 0.717) is 25.1 Å². The van der Waals surface area contributed by atoms with Crippen LogP contribution in [0.5, 0.6) is 0 Å². The molecule has 1 aliphatic heterocycles. The van der Waals surface area contributed by atoms with Crippen molar-refractivity contribution in [1.29, 1.82) is 0 Å². The molecule has 1 fully saturated rings. The molecule has 1 aromatic heterocycles. The van der Waals surface area contributed by atoms with Crippen LogP contribution in [0.3, 0.4) is 0 Å². The first-order chi connectivity index (χ1) is 17.0. The standard InChI is InChI=1S/C25H23F4N3O3S/c1-2-35-24-14-17-15-30-32(21-7-5-20(26)6-8-21)23(17)13-19(24)11-12-31(16-24)36(33,34)22-9-3-18(4-10-22)25(27,28)29/h3-10,13,15H,2,11-12,14,16H2,1H3/t24-/m0/s1. The van der Waals surface area contributed by atoms with Crippen molar-refractivity contribution in [2.75, 3.05) is 19.7 Å². The molecule has 3 aromatic rings. The van der Waals surface area contributed by atoms with Crippen LogP contribution in [0.25, 0.3) is 11.8 Å². The van der Waals surface area contributed by atoms with Crippen molar-refractivity contribution in [3.8, 4) is 5.69 Å². The highest BCUT2D eigenvalue weighted by molar-refractivity contribution is 7.89. The molecule has 11 heteroatoms. The number of halogens is 4. The molecule has 36 heavy (non-hydrogen) atoms. The minimum absolute atomic E-state index is 0.0250. The van der Waals surface area contributed by atoms with E-state index in [0.717, 1.165) is 41.1 Å². The number of sulfonamides is 1. The first kappa shape index (κ1) is 24.7. The predicted octanol–water partition coefficient (Wildman–Crippen LogP) is 4.84. The molecule has 2 heterocycles. The number of benzene rings is 2. The van der Waals surface area contributed by atoms with Crippen LogP contribution >= 0.6 is 0 Å². The van der Waals surface area contributed by atoms with Gasteiger partial charge in [-0.1, -0.05) is 0 Å². The van der Waals surface area contributed by atoms with E-state index in [1.54, 1.807) is 23.0 Å². The largest absolute Gasteiger partial charge is 0.416 e. The highest BCUT2D eigenvalue weighted by Gasteiger charge is 2.47. The lowest BCUT2D eigenvalue weighted by molar-refractivity contribution is -0.137. The van der Waals surface area contributed by atoms with E-state index in [1.807, 2.05) is 13.0 Å². The average molecular weight is 522 g/mol. The van der Waals surface area contributed by atoms with Gasteiger partial charge in [0.25, 0.3) is 0 Å². The molecular formula is C25H23F4N3O3S. The number of piperidine rings is 1. The summed E-state index contributed by atoms with van der Waals surface area (Å²) in [6, 6.07) is 9.50. The zero-order valence-corrected chi connectivity index (χ0v) is 20.1. The lowest BCUT2D eigenvalue weighted by Gasteiger charge is -2.45. The molecule has 1 aliphatic carbocycles. The average Bonchev–Trinajstić information content (AvgIpc) is 3.24. The second-order valence-corrected chi connectivity index (χ2v) is 10.8. The fourth-order valence-electron chi connectivity index (χ4n) is 4.89. The number of alkyl halides is 3. The zero-order valence-electron chi connectivity index (χ0n) is 19.3. The van der Waals surface area contributed by atoms with Gasteiger partial charge in [0.1, 0.15) is 11.4 Å². The molecule has 5 rings (SSSR count). The Morgan fingerprint density at radius 2 is 1.78 bits per heavy atom. The summed E-state index contributed by atoms with van der Waals surface area (Å²) >= 11 is 0. The Morgan fingerprint density at radius 3 is 2.42 bits per heavy atom. The van der Waals surface area contributed by atoms with Crippen molar-refractivity contribution in [3.63, 3.8) is 0 Å². The maximum absolute atomic E-state index is 13.4. The highest BCUT2D eigenvalue weighted by atomic mass is 32.2. The molecule has 1 atom stereocenters. The van der Waals surface area contributed by atoms with Gasteiger partial charge < -0.3 is 4.74 Å². The van der Waals surface area contributed by atoms with Gasteiger partial charge in [-0.05, 0) is 73.5 Å². The fourth-order valence-corrected chi connectivity index (χ4v) is 6.38. The van der Waals surface area contributed by atoms with E-state index >= 15 is 0 Å². The van der Waals surface area contributed by atoms with Crippen LogP contribution < -0.4 is 0 Å². The number of fused-ring (bicyclic) bond motifs is 2. The molecule has 0 amide bonds. The molecular weight excluding hydrogens is 498 g/mol. The number of hydrogen-bond donors (Lipinski definition) is 0. The number of nitrogens with zero attached hydrogens (tertiary/aromatic N) is 3. The van der Waals surface area contributed by atoms with E-state index in [9.17, 15) is 26.0 Å². The Bertz CT molecular complexity index is 1410. The Balaban J connectivity index is 1.47. The first-order valence-electron chi connectivity index (χ1n) is 11.4. The molecule has 2 aromatic carbocycles. The van der Waals surface area contributed by atoms with Gasteiger partial charge in [-0.2, -0.15) is 22.6 Å². The van der Waals surface area contributed by atoms with Crippen LogP contribution in [0.15, 0.2) is 65.2 Å². The summed E-state index contributed by atoms with van der Waals surface area (Å²) in [5, 5.41) is 4.46. The molecule has 2 aliphatic rings. The minimum atomic E-state index is -4.55. The SMILES string of the molecule is CCO[C@]12Cc3cnn(-c4ccc(F)cc4)c3C=C1CCN(S(=O)(=O)c1ccc(C(F)(F)F)cc1)C2. The van der Waals surface area contributed by atoms with Gasteiger partial charge in [-0.25, -0.2) is 17.5 Å². The van der Waals surface area contributed by atoms with Crippen molar-refractivity contribution in [1.82, 2.24) is 14.1 Å². The van der Waals surface area contributed by atoms with Gasteiger partial charge >= 0.3 is 6.18 Å². The van der Waals surface area contributed by atoms with Crippen molar-refractivity contribution in [2.45, 2.75) is 36.4 Å². The molecule has 0 unspecified atom stereocenters. The molecule has 0 bridgehead atoms. The summed E-state index contributed by atoms with van der Waals surface area (Å²) in [5.74, 6) is -0.352. The normalized spacial score (nSPS) is 20.5. The summed E-state index contributed by atoms with van der Waals surface area (Å²) in [7, 11) is -4.05. The Morgan fingerprint density at radius 1 is 1.08 bits per heavy atom. The first-order valence-corrected chi connectivity index (χ1v) is 12.8. The number of hydrogen-bond acceptors (Lipinski definition) is 4. The monoisotopic (exact) mass is 521 g/mol. The molecule has 0 saturated carbocycles.